The second-order valence-electron chi connectivity index (χ2n) is 7.25. The van der Waals surface area contributed by atoms with E-state index in [9.17, 15) is 14.9 Å². The van der Waals surface area contributed by atoms with Gasteiger partial charge in [-0.05, 0) is 43.6 Å². The van der Waals surface area contributed by atoms with Gasteiger partial charge in [0, 0.05) is 24.1 Å². The molecule has 2 unspecified atom stereocenters. The van der Waals surface area contributed by atoms with E-state index in [1.54, 1.807) is 6.07 Å². The number of nitrogens with one attached hydrogen (secondary N) is 2. The van der Waals surface area contributed by atoms with Crippen molar-refractivity contribution in [2.45, 2.75) is 38.1 Å². The van der Waals surface area contributed by atoms with Crippen LogP contribution in [0.15, 0.2) is 18.2 Å². The van der Waals surface area contributed by atoms with E-state index in [0.29, 0.717) is 28.6 Å². The molecule has 4 N–H and O–H groups in total. The Morgan fingerprint density at radius 3 is 2.72 bits per heavy atom. The third-order valence-electron chi connectivity index (χ3n) is 5.78. The summed E-state index contributed by atoms with van der Waals surface area (Å²) in [6.45, 7) is 0. The highest BCUT2D eigenvalue weighted by Crippen LogP contribution is 2.42. The van der Waals surface area contributed by atoms with Gasteiger partial charge in [-0.2, -0.15) is 5.10 Å². The third-order valence-corrected chi connectivity index (χ3v) is 5.78. The monoisotopic (exact) mass is 343 g/mol. The number of non-ortho nitro benzene ring substituents is 1. The Bertz CT molecular complexity index is 819. The van der Waals surface area contributed by atoms with Crippen molar-refractivity contribution < 1.29 is 9.72 Å². The van der Waals surface area contributed by atoms with E-state index in [1.807, 2.05) is 0 Å². The molecule has 1 amide bonds. The normalized spacial score (nSPS) is 28.7. The number of carbonyl (C=O) groups is 1. The topological polar surface area (TPSA) is 127 Å². The van der Waals surface area contributed by atoms with Gasteiger partial charge in [-0.3, -0.25) is 20.0 Å². The zero-order valence-electron chi connectivity index (χ0n) is 13.8. The summed E-state index contributed by atoms with van der Waals surface area (Å²) in [5.74, 6) is 1.05. The fraction of sp³-hybridized carbons (Fsp3) is 0.529. The predicted octanol–water partition coefficient (Wildman–Crippen LogP) is 2.56. The van der Waals surface area contributed by atoms with E-state index in [0.717, 1.165) is 25.7 Å². The van der Waals surface area contributed by atoms with Crippen molar-refractivity contribution >= 4 is 28.3 Å². The van der Waals surface area contributed by atoms with Crippen LogP contribution in [0.3, 0.4) is 0 Å². The molecule has 2 fully saturated rings. The molecule has 0 spiro atoms. The number of benzene rings is 1. The van der Waals surface area contributed by atoms with Crippen LogP contribution in [0.1, 0.15) is 32.1 Å². The first-order chi connectivity index (χ1) is 12.0. The van der Waals surface area contributed by atoms with Gasteiger partial charge in [-0.1, -0.05) is 6.42 Å². The summed E-state index contributed by atoms with van der Waals surface area (Å²) in [6, 6.07) is 4.65. The van der Waals surface area contributed by atoms with Gasteiger partial charge in [0.05, 0.1) is 15.8 Å². The predicted molar refractivity (Wildman–Crippen MR) is 92.9 cm³/mol. The number of fused-ring (bicyclic) bond motifs is 3. The van der Waals surface area contributed by atoms with E-state index in [2.05, 4.69) is 15.5 Å². The molecule has 2 atom stereocenters. The molecule has 0 aliphatic heterocycles. The van der Waals surface area contributed by atoms with Crippen LogP contribution in [-0.4, -0.2) is 27.1 Å². The van der Waals surface area contributed by atoms with Crippen molar-refractivity contribution in [3.05, 3.63) is 28.3 Å². The van der Waals surface area contributed by atoms with Gasteiger partial charge in [0.15, 0.2) is 5.82 Å². The third kappa shape index (κ3) is 2.86. The molecular weight excluding hydrogens is 322 g/mol. The molecule has 1 aromatic heterocycles. The Hall–Kier alpha value is -2.48. The number of nitro groups is 1. The Kier molecular flexibility index (Phi) is 3.91. The Balaban J connectivity index is 1.54. The Morgan fingerprint density at radius 2 is 2.04 bits per heavy atom. The summed E-state index contributed by atoms with van der Waals surface area (Å²) in [5.41, 5.74) is 6.92. The average molecular weight is 343 g/mol. The van der Waals surface area contributed by atoms with Gasteiger partial charge >= 0.3 is 0 Å². The molecule has 0 radical (unpaired) electrons. The van der Waals surface area contributed by atoms with Crippen molar-refractivity contribution in [2.75, 3.05) is 5.32 Å². The number of amides is 1. The molecule has 2 saturated carbocycles. The smallest absolute Gasteiger partial charge is 0.270 e. The number of rotatable bonds is 3. The number of aromatic amines is 1. The van der Waals surface area contributed by atoms with Crippen molar-refractivity contribution in [2.24, 2.45) is 23.5 Å². The van der Waals surface area contributed by atoms with Crippen molar-refractivity contribution in [3.63, 3.8) is 0 Å². The number of hydrogen-bond acceptors (Lipinski definition) is 5. The standard InChI is InChI=1S/C17H21N5O3/c18-15-9-2-1-3-10(15)7-11(6-9)17(23)19-16-13-8-12(22(24)25)4-5-14(13)20-21-16/h4-5,8-11,15H,1-3,6-7,18H2,(H2,19,20,21,23). The molecule has 2 aliphatic rings. The van der Waals surface area contributed by atoms with Crippen LogP contribution in [0.4, 0.5) is 11.5 Å². The Labute approximate surface area is 144 Å². The number of nitrogens with two attached hydrogens (primary N) is 1. The fourth-order valence-corrected chi connectivity index (χ4v) is 4.43. The number of H-pyrrole nitrogens is 1. The lowest BCUT2D eigenvalue weighted by Gasteiger charge is -2.43. The minimum atomic E-state index is -0.457. The molecule has 0 saturated heterocycles. The van der Waals surface area contributed by atoms with Gasteiger partial charge < -0.3 is 11.1 Å². The lowest BCUT2D eigenvalue weighted by Crippen LogP contribution is -2.48. The van der Waals surface area contributed by atoms with E-state index in [4.69, 9.17) is 5.73 Å². The first kappa shape index (κ1) is 16.0. The highest BCUT2D eigenvalue weighted by molar-refractivity contribution is 6.01. The van der Waals surface area contributed by atoms with E-state index < -0.39 is 4.92 Å². The number of aromatic nitrogens is 2. The summed E-state index contributed by atoms with van der Waals surface area (Å²) < 4.78 is 0. The molecule has 25 heavy (non-hydrogen) atoms. The molecule has 8 heteroatoms. The van der Waals surface area contributed by atoms with E-state index in [-0.39, 0.29) is 23.6 Å². The van der Waals surface area contributed by atoms with Gasteiger partial charge in [0.25, 0.3) is 5.69 Å². The maximum Gasteiger partial charge on any atom is 0.270 e. The molecular formula is C17H21N5O3. The first-order valence-corrected chi connectivity index (χ1v) is 8.72. The van der Waals surface area contributed by atoms with Crippen molar-refractivity contribution in [1.29, 1.82) is 0 Å². The molecule has 1 aromatic carbocycles. The highest BCUT2D eigenvalue weighted by atomic mass is 16.6. The molecule has 132 valence electrons. The largest absolute Gasteiger partial charge is 0.327 e. The van der Waals surface area contributed by atoms with Crippen LogP contribution in [-0.2, 0) is 4.79 Å². The zero-order chi connectivity index (χ0) is 17.6. The van der Waals surface area contributed by atoms with Crippen LogP contribution in [0.25, 0.3) is 10.9 Å². The minimum absolute atomic E-state index is 0.0254. The summed E-state index contributed by atoms with van der Waals surface area (Å²) in [6.07, 6.45) is 5.01. The van der Waals surface area contributed by atoms with Crippen LogP contribution in [0.2, 0.25) is 0 Å². The van der Waals surface area contributed by atoms with Gasteiger partial charge in [-0.25, -0.2) is 0 Å². The zero-order valence-corrected chi connectivity index (χ0v) is 13.8. The number of anilines is 1. The average Bonchev–Trinajstić information content (AvgIpc) is 2.96. The van der Waals surface area contributed by atoms with E-state index in [1.165, 1.54) is 18.6 Å². The lowest BCUT2D eigenvalue weighted by molar-refractivity contribution is -0.384. The number of carbonyl (C=O) groups excluding carboxylic acids is 1. The van der Waals surface area contributed by atoms with Gasteiger partial charge in [0.2, 0.25) is 5.91 Å². The molecule has 2 bridgehead atoms. The summed E-state index contributed by atoms with van der Waals surface area (Å²) in [4.78, 5) is 23.2. The SMILES string of the molecule is NC1C2CCCC1CC(C(=O)Nc1n[nH]c3ccc([N+](=O)[O-])cc13)C2. The summed E-state index contributed by atoms with van der Waals surface area (Å²) in [5, 5.41) is 21.3. The minimum Gasteiger partial charge on any atom is -0.327 e. The van der Waals surface area contributed by atoms with Crippen LogP contribution in [0, 0.1) is 27.9 Å². The molecule has 8 nitrogen and oxygen atoms in total. The molecule has 1 heterocycles. The highest BCUT2D eigenvalue weighted by Gasteiger charge is 2.40. The van der Waals surface area contributed by atoms with Gasteiger partial charge in [-0.15, -0.1) is 0 Å². The molecule has 2 aromatic rings. The van der Waals surface area contributed by atoms with Crippen molar-refractivity contribution in [1.82, 2.24) is 10.2 Å². The summed E-state index contributed by atoms with van der Waals surface area (Å²) >= 11 is 0. The number of nitrogens with zero attached hydrogens (tertiary/aromatic N) is 2. The number of hydrogen-bond donors (Lipinski definition) is 3. The maximum atomic E-state index is 12.7. The first-order valence-electron chi connectivity index (χ1n) is 8.72. The van der Waals surface area contributed by atoms with Crippen LogP contribution in [0.5, 0.6) is 0 Å². The summed E-state index contributed by atoms with van der Waals surface area (Å²) in [7, 11) is 0. The van der Waals surface area contributed by atoms with Gasteiger partial charge in [0.1, 0.15) is 0 Å². The Morgan fingerprint density at radius 1 is 1.32 bits per heavy atom. The number of nitro benzene ring substituents is 1. The fourth-order valence-electron chi connectivity index (χ4n) is 4.43. The van der Waals surface area contributed by atoms with Crippen LogP contribution < -0.4 is 11.1 Å². The molecule has 2 aliphatic carbocycles. The lowest BCUT2D eigenvalue weighted by atomic mass is 9.65. The molecule has 4 rings (SSSR count). The quantitative estimate of drug-likeness (QED) is 0.583. The second kappa shape index (κ2) is 6.11. The van der Waals surface area contributed by atoms with Crippen molar-refractivity contribution in [3.8, 4) is 0 Å². The maximum absolute atomic E-state index is 12.7. The van der Waals surface area contributed by atoms with E-state index >= 15 is 0 Å². The second-order valence-corrected chi connectivity index (χ2v) is 7.25. The van der Waals surface area contributed by atoms with Crippen LogP contribution >= 0.6 is 0 Å².